The molecule has 0 bridgehead atoms. The number of thiophene rings is 1. The maximum atomic E-state index is 10.2. The molecular weight excluding hydrogens is 187 g/mol. The largest absolute Gasteiger partial charge is 1.00 e. The minimum absolute atomic E-state index is 0. The summed E-state index contributed by atoms with van der Waals surface area (Å²) in [7, 11) is 0. The van der Waals surface area contributed by atoms with Gasteiger partial charge in [-0.1, -0.05) is 0 Å². The van der Waals surface area contributed by atoms with Gasteiger partial charge in [0.05, 0.1) is 5.97 Å². The molecule has 0 aromatic carbocycles. The molecule has 1 rings (SSSR count). The molecule has 1 atom stereocenters. The molecule has 0 amide bonds. The first-order valence-electron chi connectivity index (χ1n) is 3.10. The van der Waals surface area contributed by atoms with E-state index in [4.69, 9.17) is 4.74 Å². The molecule has 0 radical (unpaired) electrons. The number of rotatable bonds is 3. The van der Waals surface area contributed by atoms with Crippen molar-refractivity contribution in [2.75, 3.05) is 0 Å². The fourth-order valence-electron chi connectivity index (χ4n) is 0.571. The molecule has 1 heterocycles. The van der Waals surface area contributed by atoms with Crippen LogP contribution in [0.4, 0.5) is 0 Å². The number of aliphatic carboxylic acids is 1. The van der Waals surface area contributed by atoms with Gasteiger partial charge in [0, 0.05) is 5.38 Å². The Hall–Kier alpha value is -0.0300. The predicted octanol–water partition coefficient (Wildman–Crippen LogP) is -2.73. The number of carboxylic acid groups (broad SMARTS) is 1. The zero-order chi connectivity index (χ0) is 8.27. The minimum Gasteiger partial charge on any atom is -0.546 e. The van der Waals surface area contributed by atoms with Gasteiger partial charge in [0.1, 0.15) is 11.9 Å². The molecular formula is C7H7NaO3S. The Kier molecular flexibility index (Phi) is 5.57. The van der Waals surface area contributed by atoms with E-state index in [1.165, 1.54) is 18.3 Å². The van der Waals surface area contributed by atoms with Crippen molar-refractivity contribution in [1.29, 1.82) is 0 Å². The molecule has 5 heteroatoms. The number of ether oxygens (including phenoxy) is 1. The van der Waals surface area contributed by atoms with E-state index in [0.29, 0.717) is 5.75 Å². The third-order valence-corrected chi connectivity index (χ3v) is 1.80. The first-order valence-corrected chi connectivity index (χ1v) is 4.04. The van der Waals surface area contributed by atoms with Gasteiger partial charge >= 0.3 is 29.6 Å². The quantitative estimate of drug-likeness (QED) is 0.491. The first-order chi connectivity index (χ1) is 5.20. The zero-order valence-electron chi connectivity index (χ0n) is 6.94. The van der Waals surface area contributed by atoms with Gasteiger partial charge in [0.2, 0.25) is 0 Å². The number of carbonyl (C=O) groups excluding carboxylic acids is 1. The summed E-state index contributed by atoms with van der Waals surface area (Å²) in [5.41, 5.74) is 0. The van der Waals surface area contributed by atoms with Crippen molar-refractivity contribution >= 4 is 17.3 Å². The molecule has 12 heavy (non-hydrogen) atoms. The summed E-state index contributed by atoms with van der Waals surface area (Å²) in [6, 6.07) is 1.71. The summed E-state index contributed by atoms with van der Waals surface area (Å²) in [4.78, 5) is 10.2. The fraction of sp³-hybridized carbons (Fsp3) is 0.286. The maximum Gasteiger partial charge on any atom is 1.00 e. The Bertz CT molecular complexity index is 235. The van der Waals surface area contributed by atoms with Crippen LogP contribution in [0.2, 0.25) is 0 Å². The van der Waals surface area contributed by atoms with Crippen LogP contribution in [-0.4, -0.2) is 12.1 Å². The van der Waals surface area contributed by atoms with Crippen LogP contribution < -0.4 is 39.4 Å². The van der Waals surface area contributed by atoms with Crippen LogP contribution in [0.5, 0.6) is 5.75 Å². The van der Waals surface area contributed by atoms with Gasteiger partial charge in [0.15, 0.2) is 0 Å². The number of carbonyl (C=O) groups is 1. The van der Waals surface area contributed by atoms with Gasteiger partial charge in [-0.3, -0.25) is 0 Å². The van der Waals surface area contributed by atoms with E-state index >= 15 is 0 Å². The summed E-state index contributed by atoms with van der Waals surface area (Å²) < 4.78 is 4.96. The Balaban J connectivity index is 0.00000121. The number of hydrogen-bond acceptors (Lipinski definition) is 4. The molecule has 60 valence electrons. The van der Waals surface area contributed by atoms with Crippen LogP contribution in [0.15, 0.2) is 16.8 Å². The van der Waals surface area contributed by atoms with Crippen LogP contribution in [0.1, 0.15) is 6.92 Å². The SMILES string of the molecule is CC(Oc1ccsc1)C(=O)[O-].[Na+]. The Morgan fingerprint density at radius 3 is 2.83 bits per heavy atom. The molecule has 0 N–H and O–H groups in total. The molecule has 0 aliphatic carbocycles. The molecule has 1 aromatic heterocycles. The van der Waals surface area contributed by atoms with Crippen molar-refractivity contribution in [3.05, 3.63) is 16.8 Å². The van der Waals surface area contributed by atoms with Gasteiger partial charge in [-0.15, -0.1) is 11.3 Å². The standard InChI is InChI=1S/C7H8O3S.Na/c1-5(7(8)9)10-6-2-3-11-4-6;/h2-5H,1H3,(H,8,9);/q;+1/p-1. The van der Waals surface area contributed by atoms with Gasteiger partial charge in [-0.05, 0) is 18.4 Å². The number of carboxylic acids is 1. The maximum absolute atomic E-state index is 10.2. The minimum atomic E-state index is -1.20. The van der Waals surface area contributed by atoms with Crippen LogP contribution in [0, 0.1) is 0 Å². The Morgan fingerprint density at radius 1 is 1.75 bits per heavy atom. The summed E-state index contributed by atoms with van der Waals surface area (Å²) in [5, 5.41) is 13.7. The predicted molar refractivity (Wildman–Crippen MR) is 39.4 cm³/mol. The Labute approximate surface area is 96.6 Å². The first kappa shape index (κ1) is 12.0. The number of hydrogen-bond donors (Lipinski definition) is 0. The summed E-state index contributed by atoms with van der Waals surface area (Å²) in [6.45, 7) is 1.44. The van der Waals surface area contributed by atoms with E-state index < -0.39 is 12.1 Å². The molecule has 1 unspecified atom stereocenters. The Morgan fingerprint density at radius 2 is 2.42 bits per heavy atom. The van der Waals surface area contributed by atoms with Crippen molar-refractivity contribution in [3.8, 4) is 5.75 Å². The average Bonchev–Trinajstić information content (AvgIpc) is 2.39. The summed E-state index contributed by atoms with van der Waals surface area (Å²) >= 11 is 1.45. The van der Waals surface area contributed by atoms with Gasteiger partial charge in [0.25, 0.3) is 0 Å². The van der Waals surface area contributed by atoms with Crippen LogP contribution in [0.3, 0.4) is 0 Å². The van der Waals surface area contributed by atoms with Crippen LogP contribution in [-0.2, 0) is 4.79 Å². The van der Waals surface area contributed by atoms with Gasteiger partial charge in [-0.2, -0.15) is 0 Å². The molecule has 0 aliphatic heterocycles. The second-order valence-electron chi connectivity index (χ2n) is 2.04. The van der Waals surface area contributed by atoms with E-state index in [0.717, 1.165) is 0 Å². The molecule has 0 aliphatic rings. The van der Waals surface area contributed by atoms with Crippen molar-refractivity contribution in [3.63, 3.8) is 0 Å². The van der Waals surface area contributed by atoms with Crippen LogP contribution in [0.25, 0.3) is 0 Å². The normalized spacial score (nSPS) is 11.4. The van der Waals surface area contributed by atoms with Gasteiger partial charge in [-0.25, -0.2) is 0 Å². The third kappa shape index (κ3) is 3.58. The zero-order valence-corrected chi connectivity index (χ0v) is 9.76. The molecule has 0 saturated carbocycles. The molecule has 0 spiro atoms. The smallest absolute Gasteiger partial charge is 0.546 e. The molecule has 3 nitrogen and oxygen atoms in total. The van der Waals surface area contributed by atoms with E-state index in [2.05, 4.69) is 0 Å². The monoisotopic (exact) mass is 194 g/mol. The average molecular weight is 194 g/mol. The van der Waals surface area contributed by atoms with Crippen LogP contribution >= 0.6 is 11.3 Å². The third-order valence-electron chi connectivity index (χ3n) is 1.14. The van der Waals surface area contributed by atoms with Crippen molar-refractivity contribution in [2.24, 2.45) is 0 Å². The summed E-state index contributed by atoms with van der Waals surface area (Å²) in [6.07, 6.45) is -0.885. The molecule has 1 aromatic rings. The second-order valence-corrected chi connectivity index (χ2v) is 2.82. The molecule has 0 saturated heterocycles. The van der Waals surface area contributed by atoms with E-state index in [1.807, 2.05) is 5.38 Å². The fourth-order valence-corrected chi connectivity index (χ4v) is 1.13. The van der Waals surface area contributed by atoms with Crippen molar-refractivity contribution in [2.45, 2.75) is 13.0 Å². The van der Waals surface area contributed by atoms with E-state index in [1.54, 1.807) is 11.4 Å². The second kappa shape index (κ2) is 5.59. The van der Waals surface area contributed by atoms with Gasteiger partial charge < -0.3 is 14.6 Å². The van der Waals surface area contributed by atoms with Crippen molar-refractivity contribution < 1.29 is 44.2 Å². The molecule has 0 fully saturated rings. The van der Waals surface area contributed by atoms with E-state index in [9.17, 15) is 9.90 Å². The van der Waals surface area contributed by atoms with Crippen molar-refractivity contribution in [1.82, 2.24) is 0 Å². The topological polar surface area (TPSA) is 49.4 Å². The van der Waals surface area contributed by atoms with E-state index in [-0.39, 0.29) is 29.6 Å². The summed E-state index contributed by atoms with van der Waals surface area (Å²) in [5.74, 6) is -0.622.